The molecule has 0 spiro atoms. The quantitative estimate of drug-likeness (QED) is 0.712. The van der Waals surface area contributed by atoms with Crippen LogP contribution in [0.5, 0.6) is 0 Å². The normalized spacial score (nSPS) is 33.5. The van der Waals surface area contributed by atoms with E-state index in [9.17, 15) is 4.79 Å². The molecule has 2 atom stereocenters. The van der Waals surface area contributed by atoms with E-state index < -0.39 is 5.54 Å². The van der Waals surface area contributed by atoms with Gasteiger partial charge in [-0.05, 0) is 32.6 Å². The second kappa shape index (κ2) is 4.10. The molecule has 2 rings (SSSR count). The largest absolute Gasteiger partial charge is 0.378 e. The maximum Gasteiger partial charge on any atom is 0.240 e. The first kappa shape index (κ1) is 10.9. The maximum atomic E-state index is 11.7. The topological polar surface area (TPSA) is 64.3 Å². The van der Waals surface area contributed by atoms with Gasteiger partial charge in [-0.25, -0.2) is 0 Å². The minimum Gasteiger partial charge on any atom is -0.378 e. The van der Waals surface area contributed by atoms with Crippen LogP contribution in [0.3, 0.4) is 0 Å². The Morgan fingerprint density at radius 1 is 1.60 bits per heavy atom. The van der Waals surface area contributed by atoms with E-state index in [1.54, 1.807) is 0 Å². The second-order valence-electron chi connectivity index (χ2n) is 4.84. The first-order valence-electron chi connectivity index (χ1n) is 5.81. The number of hydrogen-bond acceptors (Lipinski definition) is 3. The highest BCUT2D eigenvalue weighted by Crippen LogP contribution is 2.29. The predicted molar refractivity (Wildman–Crippen MR) is 57.3 cm³/mol. The molecule has 2 aliphatic rings. The molecule has 0 aromatic carbocycles. The molecule has 0 bridgehead atoms. The molecule has 4 nitrogen and oxygen atoms in total. The summed E-state index contributed by atoms with van der Waals surface area (Å²) in [4.78, 5) is 11.7. The highest BCUT2D eigenvalue weighted by atomic mass is 16.5. The van der Waals surface area contributed by atoms with Crippen LogP contribution in [0.25, 0.3) is 0 Å². The third-order valence-corrected chi connectivity index (χ3v) is 3.76. The summed E-state index contributed by atoms with van der Waals surface area (Å²) in [6.07, 6.45) is 4.04. The summed E-state index contributed by atoms with van der Waals surface area (Å²) >= 11 is 0. The predicted octanol–water partition coefficient (Wildman–Crippen LogP) is 0.409. The van der Waals surface area contributed by atoms with E-state index >= 15 is 0 Å². The Kier molecular flexibility index (Phi) is 2.98. The van der Waals surface area contributed by atoms with Gasteiger partial charge >= 0.3 is 0 Å². The van der Waals surface area contributed by atoms with E-state index in [0.29, 0.717) is 12.5 Å². The molecule has 2 unspecified atom stereocenters. The Labute approximate surface area is 90.5 Å². The van der Waals surface area contributed by atoms with Crippen LogP contribution in [0.4, 0.5) is 0 Å². The van der Waals surface area contributed by atoms with Crippen LogP contribution in [0.15, 0.2) is 0 Å². The summed E-state index contributed by atoms with van der Waals surface area (Å²) in [5.41, 5.74) is 5.36. The van der Waals surface area contributed by atoms with Crippen molar-refractivity contribution in [3.8, 4) is 0 Å². The van der Waals surface area contributed by atoms with Gasteiger partial charge in [0.1, 0.15) is 0 Å². The molecule has 1 saturated heterocycles. The number of ether oxygens (including phenoxy) is 1. The Bertz CT molecular complexity index is 251. The molecular formula is C11H20N2O2. The smallest absolute Gasteiger partial charge is 0.240 e. The number of nitrogens with two attached hydrogens (primary N) is 1. The van der Waals surface area contributed by atoms with Gasteiger partial charge in [0, 0.05) is 19.1 Å². The first-order chi connectivity index (χ1) is 7.12. The minimum atomic E-state index is -0.567. The van der Waals surface area contributed by atoms with Gasteiger partial charge in [-0.3, -0.25) is 4.79 Å². The number of amides is 1. The number of carbonyl (C=O) groups is 1. The fourth-order valence-corrected chi connectivity index (χ4v) is 2.23. The average Bonchev–Trinajstić information content (AvgIpc) is 2.56. The lowest BCUT2D eigenvalue weighted by Gasteiger charge is -2.36. The monoisotopic (exact) mass is 212 g/mol. The van der Waals surface area contributed by atoms with E-state index in [4.69, 9.17) is 10.5 Å². The standard InChI is InChI=1S/C11H20N2O2/c1-8-9(3-6-15-8)7-13-10(14)11(12)4-2-5-11/h8-9H,2-7,12H2,1H3,(H,13,14). The van der Waals surface area contributed by atoms with Gasteiger partial charge in [-0.15, -0.1) is 0 Å². The van der Waals surface area contributed by atoms with E-state index in [1.807, 2.05) is 0 Å². The third kappa shape index (κ3) is 2.16. The molecule has 2 fully saturated rings. The van der Waals surface area contributed by atoms with Crippen LogP contribution in [-0.2, 0) is 9.53 Å². The lowest BCUT2D eigenvalue weighted by atomic mass is 9.77. The molecule has 1 saturated carbocycles. The van der Waals surface area contributed by atoms with Crippen molar-refractivity contribution >= 4 is 5.91 Å². The molecular weight excluding hydrogens is 192 g/mol. The molecule has 1 aliphatic carbocycles. The number of nitrogens with one attached hydrogen (secondary N) is 1. The van der Waals surface area contributed by atoms with Crippen LogP contribution in [0.2, 0.25) is 0 Å². The summed E-state index contributed by atoms with van der Waals surface area (Å²) < 4.78 is 5.44. The van der Waals surface area contributed by atoms with Crippen molar-refractivity contribution in [3.63, 3.8) is 0 Å². The van der Waals surface area contributed by atoms with Gasteiger partial charge in [0.2, 0.25) is 5.91 Å². The highest BCUT2D eigenvalue weighted by Gasteiger charge is 2.40. The van der Waals surface area contributed by atoms with Crippen molar-refractivity contribution in [2.75, 3.05) is 13.2 Å². The second-order valence-corrected chi connectivity index (χ2v) is 4.84. The van der Waals surface area contributed by atoms with Gasteiger partial charge < -0.3 is 15.8 Å². The number of carbonyl (C=O) groups excluding carboxylic acids is 1. The van der Waals surface area contributed by atoms with Crippen molar-refractivity contribution in [1.29, 1.82) is 0 Å². The molecule has 1 aliphatic heterocycles. The van der Waals surface area contributed by atoms with E-state index in [2.05, 4.69) is 12.2 Å². The Morgan fingerprint density at radius 2 is 2.33 bits per heavy atom. The van der Waals surface area contributed by atoms with Crippen LogP contribution < -0.4 is 11.1 Å². The van der Waals surface area contributed by atoms with Gasteiger partial charge in [-0.1, -0.05) is 0 Å². The van der Waals surface area contributed by atoms with Crippen molar-refractivity contribution < 1.29 is 9.53 Å². The Balaban J connectivity index is 1.75. The molecule has 1 amide bonds. The van der Waals surface area contributed by atoms with Gasteiger partial charge in [0.05, 0.1) is 11.6 Å². The maximum absolute atomic E-state index is 11.7. The molecule has 1 heterocycles. The first-order valence-corrected chi connectivity index (χ1v) is 5.81. The Morgan fingerprint density at radius 3 is 2.80 bits per heavy atom. The van der Waals surface area contributed by atoms with Crippen LogP contribution >= 0.6 is 0 Å². The van der Waals surface area contributed by atoms with E-state index in [-0.39, 0.29) is 12.0 Å². The van der Waals surface area contributed by atoms with E-state index in [1.165, 1.54) is 0 Å². The summed E-state index contributed by atoms with van der Waals surface area (Å²) in [6.45, 7) is 3.58. The van der Waals surface area contributed by atoms with Gasteiger partial charge in [0.15, 0.2) is 0 Å². The van der Waals surface area contributed by atoms with Crippen molar-refractivity contribution in [3.05, 3.63) is 0 Å². The van der Waals surface area contributed by atoms with E-state index in [0.717, 1.165) is 32.3 Å². The van der Waals surface area contributed by atoms with Crippen molar-refractivity contribution in [2.24, 2.45) is 11.7 Å². The summed E-state index contributed by atoms with van der Waals surface area (Å²) in [5, 5.41) is 2.95. The average molecular weight is 212 g/mol. The summed E-state index contributed by atoms with van der Waals surface area (Å²) in [6, 6.07) is 0. The SMILES string of the molecule is CC1OCCC1CNC(=O)C1(N)CCC1. The Hall–Kier alpha value is -0.610. The molecule has 86 valence electrons. The molecule has 15 heavy (non-hydrogen) atoms. The molecule has 0 aromatic rings. The highest BCUT2D eigenvalue weighted by molar-refractivity contribution is 5.86. The molecule has 0 aromatic heterocycles. The fraction of sp³-hybridized carbons (Fsp3) is 0.909. The van der Waals surface area contributed by atoms with Crippen molar-refractivity contribution in [2.45, 2.75) is 44.2 Å². The number of hydrogen-bond donors (Lipinski definition) is 2. The summed E-state index contributed by atoms with van der Waals surface area (Å²) in [7, 11) is 0. The summed E-state index contributed by atoms with van der Waals surface area (Å²) in [5.74, 6) is 0.477. The van der Waals surface area contributed by atoms with Crippen LogP contribution in [0.1, 0.15) is 32.6 Å². The lowest BCUT2D eigenvalue weighted by molar-refractivity contribution is -0.129. The molecule has 3 N–H and O–H groups in total. The van der Waals surface area contributed by atoms with Crippen LogP contribution in [0, 0.1) is 5.92 Å². The third-order valence-electron chi connectivity index (χ3n) is 3.76. The van der Waals surface area contributed by atoms with Crippen LogP contribution in [-0.4, -0.2) is 30.7 Å². The fourth-order valence-electron chi connectivity index (χ4n) is 2.23. The van der Waals surface area contributed by atoms with Gasteiger partial charge in [0.25, 0.3) is 0 Å². The zero-order valence-corrected chi connectivity index (χ0v) is 9.29. The van der Waals surface area contributed by atoms with Crippen molar-refractivity contribution in [1.82, 2.24) is 5.32 Å². The molecule has 4 heteroatoms. The minimum absolute atomic E-state index is 0.0212. The lowest BCUT2D eigenvalue weighted by Crippen LogP contribution is -2.59. The zero-order chi connectivity index (χ0) is 10.9. The van der Waals surface area contributed by atoms with Gasteiger partial charge in [-0.2, -0.15) is 0 Å². The number of rotatable bonds is 3. The molecule has 0 radical (unpaired) electrons. The zero-order valence-electron chi connectivity index (χ0n) is 9.29.